The number of nitrogens with one attached hydrogen (secondary N) is 1. The van der Waals surface area contributed by atoms with Crippen LogP contribution in [0.2, 0.25) is 0 Å². The van der Waals surface area contributed by atoms with Gasteiger partial charge in [-0.3, -0.25) is 9.59 Å². The van der Waals surface area contributed by atoms with Crippen LogP contribution >= 0.6 is 22.7 Å². The lowest BCUT2D eigenvalue weighted by Crippen LogP contribution is -2.43. The number of thiophene rings is 2. The Balaban J connectivity index is 1.60. The van der Waals surface area contributed by atoms with Crippen LogP contribution in [-0.2, 0) is 27.7 Å². The number of hydrogen-bond donors (Lipinski definition) is 2. The first-order valence-corrected chi connectivity index (χ1v) is 12.7. The van der Waals surface area contributed by atoms with Crippen LogP contribution in [0.3, 0.4) is 0 Å². The molecular weight excluding hydrogens is 430 g/mol. The van der Waals surface area contributed by atoms with Crippen molar-refractivity contribution in [2.75, 3.05) is 11.9 Å². The maximum atomic E-state index is 13.0. The summed E-state index contributed by atoms with van der Waals surface area (Å²) in [6.45, 7) is 2.47. The van der Waals surface area contributed by atoms with Gasteiger partial charge in [-0.2, -0.15) is 4.31 Å². The Morgan fingerprint density at radius 1 is 1.31 bits per heavy atom. The van der Waals surface area contributed by atoms with Crippen molar-refractivity contribution in [3.63, 3.8) is 0 Å². The summed E-state index contributed by atoms with van der Waals surface area (Å²) in [5.74, 6) is -0.440. The fourth-order valence-corrected chi connectivity index (χ4v) is 8.31. The van der Waals surface area contributed by atoms with E-state index in [1.165, 1.54) is 15.6 Å². The number of carbonyl (C=O) groups is 2. The minimum atomic E-state index is -3.72. The van der Waals surface area contributed by atoms with E-state index in [9.17, 15) is 18.0 Å². The monoisotopic (exact) mass is 453 g/mol. The molecule has 2 atom stereocenters. The molecular formula is C19H23N3O4S3. The zero-order chi connectivity index (χ0) is 20.8. The van der Waals surface area contributed by atoms with Crippen molar-refractivity contribution in [2.24, 2.45) is 11.7 Å². The van der Waals surface area contributed by atoms with Gasteiger partial charge in [-0.1, -0.05) is 13.0 Å². The molecule has 2 amide bonds. The highest BCUT2D eigenvalue weighted by Gasteiger charge is 2.40. The van der Waals surface area contributed by atoms with E-state index in [2.05, 4.69) is 12.2 Å². The third-order valence-corrected chi connectivity index (χ3v) is 10.0. The molecule has 1 fully saturated rings. The molecule has 0 aromatic carbocycles. The highest BCUT2D eigenvalue weighted by atomic mass is 32.2. The van der Waals surface area contributed by atoms with Crippen molar-refractivity contribution in [1.29, 1.82) is 0 Å². The van der Waals surface area contributed by atoms with Crippen molar-refractivity contribution >= 4 is 49.5 Å². The lowest BCUT2D eigenvalue weighted by atomic mass is 9.88. The Morgan fingerprint density at radius 3 is 2.79 bits per heavy atom. The molecule has 1 aliphatic carbocycles. The standard InChI is InChI=1S/C19H23N3O4S3/c1-11-6-7-12-14(10-11)28-19(16(12)17(20)23)21-18(24)13-4-2-8-22(13)29(25,26)15-5-3-9-27-15/h3,5,9,11,13H,2,4,6-8,10H2,1H3,(H2,20,23)(H,21,24)/t11-,13-/m0/s1. The predicted molar refractivity (Wildman–Crippen MR) is 114 cm³/mol. The zero-order valence-electron chi connectivity index (χ0n) is 16.0. The quantitative estimate of drug-likeness (QED) is 0.725. The fraction of sp³-hybridized carbons (Fsp3) is 0.474. The van der Waals surface area contributed by atoms with Crippen molar-refractivity contribution in [1.82, 2.24) is 4.31 Å². The summed E-state index contributed by atoms with van der Waals surface area (Å²) >= 11 is 2.53. The van der Waals surface area contributed by atoms with Crippen LogP contribution in [0.15, 0.2) is 21.7 Å². The Hall–Kier alpha value is -1.75. The van der Waals surface area contributed by atoms with Gasteiger partial charge in [0, 0.05) is 11.4 Å². The van der Waals surface area contributed by atoms with Gasteiger partial charge in [-0.25, -0.2) is 8.42 Å². The molecule has 7 nitrogen and oxygen atoms in total. The lowest BCUT2D eigenvalue weighted by Gasteiger charge is -2.22. The largest absolute Gasteiger partial charge is 0.365 e. The molecule has 1 saturated heterocycles. The summed E-state index contributed by atoms with van der Waals surface area (Å²) in [6, 6.07) is 2.44. The van der Waals surface area contributed by atoms with Crippen molar-refractivity contribution in [2.45, 2.75) is 49.3 Å². The maximum absolute atomic E-state index is 13.0. The summed E-state index contributed by atoms with van der Waals surface area (Å²) in [7, 11) is -3.72. The number of anilines is 1. The molecule has 4 rings (SSSR count). The zero-order valence-corrected chi connectivity index (χ0v) is 18.5. The van der Waals surface area contributed by atoms with E-state index in [-0.39, 0.29) is 4.21 Å². The smallest absolute Gasteiger partial charge is 0.253 e. The number of fused-ring (bicyclic) bond motifs is 1. The van der Waals surface area contributed by atoms with Crippen molar-refractivity contribution in [3.05, 3.63) is 33.5 Å². The number of hydrogen-bond acceptors (Lipinski definition) is 6. The van der Waals surface area contributed by atoms with Crippen LogP contribution in [0.1, 0.15) is 47.0 Å². The second-order valence-electron chi connectivity index (χ2n) is 7.62. The Morgan fingerprint density at radius 2 is 2.10 bits per heavy atom. The van der Waals surface area contributed by atoms with Crippen LogP contribution in [0, 0.1) is 5.92 Å². The Bertz CT molecular complexity index is 1040. The summed E-state index contributed by atoms with van der Waals surface area (Å²) in [5, 5.41) is 4.98. The van der Waals surface area contributed by atoms with E-state index in [0.717, 1.165) is 41.0 Å². The van der Waals surface area contributed by atoms with Gasteiger partial charge in [0.25, 0.3) is 15.9 Å². The molecule has 2 aromatic heterocycles. The third kappa shape index (κ3) is 3.74. The first-order chi connectivity index (χ1) is 13.8. The average molecular weight is 454 g/mol. The van der Waals surface area contributed by atoms with E-state index in [0.29, 0.717) is 35.9 Å². The van der Waals surface area contributed by atoms with Crippen LogP contribution < -0.4 is 11.1 Å². The van der Waals surface area contributed by atoms with Crippen LogP contribution in [0.4, 0.5) is 5.00 Å². The lowest BCUT2D eigenvalue weighted by molar-refractivity contribution is -0.119. The summed E-state index contributed by atoms with van der Waals surface area (Å²) < 4.78 is 27.3. The van der Waals surface area contributed by atoms with Gasteiger partial charge < -0.3 is 11.1 Å². The number of amides is 2. The van der Waals surface area contributed by atoms with E-state index < -0.39 is 27.9 Å². The maximum Gasteiger partial charge on any atom is 0.253 e. The SMILES string of the molecule is C[C@H]1CCc2c(sc(NC(=O)[C@@H]3CCCN3S(=O)(=O)c3cccs3)c2C(N)=O)C1. The van der Waals surface area contributed by atoms with Gasteiger partial charge in [0.1, 0.15) is 15.3 Å². The number of carbonyl (C=O) groups excluding carboxylic acids is 2. The molecule has 1 aliphatic heterocycles. The molecule has 0 radical (unpaired) electrons. The molecule has 156 valence electrons. The van der Waals surface area contributed by atoms with Crippen LogP contribution in [-0.4, -0.2) is 37.1 Å². The third-order valence-electron chi connectivity index (χ3n) is 5.56. The van der Waals surface area contributed by atoms with E-state index in [1.807, 2.05) is 0 Å². The summed E-state index contributed by atoms with van der Waals surface area (Å²) in [6.07, 6.45) is 3.67. The summed E-state index contributed by atoms with van der Waals surface area (Å²) in [5.41, 5.74) is 6.94. The van der Waals surface area contributed by atoms with E-state index in [4.69, 9.17) is 5.73 Å². The molecule has 10 heteroatoms. The Labute approximate surface area is 178 Å². The summed E-state index contributed by atoms with van der Waals surface area (Å²) in [4.78, 5) is 26.2. The molecule has 0 unspecified atom stereocenters. The molecule has 29 heavy (non-hydrogen) atoms. The minimum Gasteiger partial charge on any atom is -0.365 e. The number of nitrogens with zero attached hydrogens (tertiary/aromatic N) is 1. The van der Waals surface area contributed by atoms with Gasteiger partial charge in [-0.15, -0.1) is 22.7 Å². The number of nitrogens with two attached hydrogens (primary N) is 1. The molecule has 3 heterocycles. The first-order valence-electron chi connectivity index (χ1n) is 9.59. The normalized spacial score (nSPS) is 22.4. The second kappa shape index (κ2) is 7.82. The molecule has 2 aliphatic rings. The molecule has 0 spiro atoms. The number of rotatable bonds is 5. The molecule has 2 aromatic rings. The van der Waals surface area contributed by atoms with Crippen LogP contribution in [0.25, 0.3) is 0 Å². The number of primary amides is 1. The number of sulfonamides is 1. The first kappa shape index (κ1) is 20.5. The highest BCUT2D eigenvalue weighted by molar-refractivity contribution is 7.91. The van der Waals surface area contributed by atoms with Gasteiger partial charge in [0.05, 0.1) is 5.56 Å². The molecule has 0 saturated carbocycles. The van der Waals surface area contributed by atoms with Crippen molar-refractivity contribution in [3.8, 4) is 0 Å². The predicted octanol–water partition coefficient (Wildman–Crippen LogP) is 2.83. The van der Waals surface area contributed by atoms with Crippen LogP contribution in [0.5, 0.6) is 0 Å². The van der Waals surface area contributed by atoms with Gasteiger partial charge in [0.2, 0.25) is 5.91 Å². The average Bonchev–Trinajstić information content (AvgIpc) is 3.40. The van der Waals surface area contributed by atoms with Gasteiger partial charge in [0.15, 0.2) is 0 Å². The molecule has 0 bridgehead atoms. The van der Waals surface area contributed by atoms with Gasteiger partial charge in [-0.05, 0) is 55.0 Å². The Kier molecular flexibility index (Phi) is 5.54. The topological polar surface area (TPSA) is 110 Å². The minimum absolute atomic E-state index is 0.232. The highest BCUT2D eigenvalue weighted by Crippen LogP contribution is 2.40. The van der Waals surface area contributed by atoms with E-state index in [1.54, 1.807) is 17.5 Å². The van der Waals surface area contributed by atoms with Gasteiger partial charge >= 0.3 is 0 Å². The van der Waals surface area contributed by atoms with Crippen molar-refractivity contribution < 1.29 is 18.0 Å². The van der Waals surface area contributed by atoms with E-state index >= 15 is 0 Å². The molecule has 3 N–H and O–H groups in total. The second-order valence-corrected chi connectivity index (χ2v) is 11.8. The fourth-order valence-electron chi connectivity index (χ4n) is 4.11.